The summed E-state index contributed by atoms with van der Waals surface area (Å²) < 4.78 is 19.6. The molecule has 0 unspecified atom stereocenters. The van der Waals surface area contributed by atoms with E-state index < -0.39 is 12.0 Å². The van der Waals surface area contributed by atoms with Crippen molar-refractivity contribution in [3.05, 3.63) is 155 Å². The first-order valence-corrected chi connectivity index (χ1v) is 16.9. The van der Waals surface area contributed by atoms with Crippen LogP contribution < -0.4 is 24.4 Å². The molecule has 0 spiro atoms. The van der Waals surface area contributed by atoms with Gasteiger partial charge < -0.3 is 14.2 Å². The minimum Gasteiger partial charge on any atom is -0.493 e. The maximum absolute atomic E-state index is 14.4. The third-order valence-electron chi connectivity index (χ3n) is 8.10. The summed E-state index contributed by atoms with van der Waals surface area (Å²) in [5.74, 6) is 0.835. The number of esters is 1. The Morgan fingerprint density at radius 2 is 1.71 bits per heavy atom. The van der Waals surface area contributed by atoms with Gasteiger partial charge in [0.15, 0.2) is 16.3 Å². The lowest BCUT2D eigenvalue weighted by Gasteiger charge is -2.26. The molecule has 0 amide bonds. The fraction of sp³-hybridized carbons (Fsp3) is 0.205. The van der Waals surface area contributed by atoms with Crippen LogP contribution in [0.4, 0.5) is 0 Å². The van der Waals surface area contributed by atoms with Crippen LogP contribution in [0.2, 0.25) is 5.02 Å². The Labute approximate surface area is 288 Å². The van der Waals surface area contributed by atoms with E-state index in [4.69, 9.17) is 30.8 Å². The number of hydrogen-bond acceptors (Lipinski definition) is 7. The SMILES string of the molecule is CCOC(=O)C1=C(c2ccccc2)N=c2s/c(=C\c3cccc(OC)c3OCc3ccc(Cl)cc3)c(=O)n2[C@@H]1c1ccc(C(C)C)cc1. The highest BCUT2D eigenvalue weighted by Gasteiger charge is 2.35. The first-order chi connectivity index (χ1) is 23.3. The lowest BCUT2D eigenvalue weighted by molar-refractivity contribution is -0.138. The van der Waals surface area contributed by atoms with E-state index in [1.54, 1.807) is 24.7 Å². The van der Waals surface area contributed by atoms with Crippen molar-refractivity contribution in [3.8, 4) is 11.5 Å². The van der Waals surface area contributed by atoms with Gasteiger partial charge in [0.1, 0.15) is 6.61 Å². The summed E-state index contributed by atoms with van der Waals surface area (Å²) in [7, 11) is 1.58. The number of carbonyl (C=O) groups is 1. The van der Waals surface area contributed by atoms with Crippen LogP contribution in [0.15, 0.2) is 112 Å². The third kappa shape index (κ3) is 6.72. The van der Waals surface area contributed by atoms with Gasteiger partial charge in [0.25, 0.3) is 5.56 Å². The lowest BCUT2D eigenvalue weighted by Crippen LogP contribution is -2.40. The molecule has 1 aliphatic heterocycles. The molecule has 7 nitrogen and oxygen atoms in total. The van der Waals surface area contributed by atoms with Gasteiger partial charge in [0.2, 0.25) is 0 Å². The average molecular weight is 679 g/mol. The molecule has 5 aromatic rings. The second kappa shape index (κ2) is 14.5. The number of ether oxygens (including phenoxy) is 3. The molecule has 244 valence electrons. The monoisotopic (exact) mass is 678 g/mol. The molecule has 1 aliphatic rings. The molecule has 0 bridgehead atoms. The summed E-state index contributed by atoms with van der Waals surface area (Å²) in [5.41, 5.74) is 4.80. The van der Waals surface area contributed by atoms with Crippen molar-refractivity contribution in [2.75, 3.05) is 13.7 Å². The Balaban J connectivity index is 1.55. The van der Waals surface area contributed by atoms with E-state index in [0.717, 1.165) is 22.3 Å². The number of thiazole rings is 1. The lowest BCUT2D eigenvalue weighted by atomic mass is 9.91. The van der Waals surface area contributed by atoms with Gasteiger partial charge >= 0.3 is 5.97 Å². The number of rotatable bonds is 10. The molecule has 9 heteroatoms. The number of hydrogen-bond donors (Lipinski definition) is 0. The van der Waals surface area contributed by atoms with E-state index in [2.05, 4.69) is 13.8 Å². The van der Waals surface area contributed by atoms with E-state index in [0.29, 0.717) is 48.6 Å². The van der Waals surface area contributed by atoms with Crippen LogP contribution in [0.3, 0.4) is 0 Å². The summed E-state index contributed by atoms with van der Waals surface area (Å²) in [6.45, 7) is 6.48. The molecule has 2 heterocycles. The van der Waals surface area contributed by atoms with Crippen LogP contribution in [0.5, 0.6) is 11.5 Å². The fourth-order valence-corrected chi connectivity index (χ4v) is 6.78. The molecule has 0 saturated heterocycles. The van der Waals surface area contributed by atoms with Gasteiger partial charge in [-0.05, 0) is 53.8 Å². The van der Waals surface area contributed by atoms with Crippen LogP contribution in [0.1, 0.15) is 60.5 Å². The van der Waals surface area contributed by atoms with Crippen molar-refractivity contribution in [2.24, 2.45) is 4.99 Å². The van der Waals surface area contributed by atoms with Gasteiger partial charge in [-0.3, -0.25) is 9.36 Å². The van der Waals surface area contributed by atoms with E-state index >= 15 is 0 Å². The summed E-state index contributed by atoms with van der Waals surface area (Å²) in [6, 6.07) is 29.8. The predicted molar refractivity (Wildman–Crippen MR) is 190 cm³/mol. The normalized spacial score (nSPS) is 14.5. The van der Waals surface area contributed by atoms with Crippen molar-refractivity contribution < 1.29 is 19.0 Å². The molecule has 0 N–H and O–H groups in total. The maximum atomic E-state index is 14.4. The van der Waals surface area contributed by atoms with Gasteiger partial charge in [0.05, 0.1) is 35.6 Å². The van der Waals surface area contributed by atoms with Gasteiger partial charge in [0, 0.05) is 16.1 Å². The van der Waals surface area contributed by atoms with Gasteiger partial charge in [-0.15, -0.1) is 0 Å². The Morgan fingerprint density at radius 1 is 0.979 bits per heavy atom. The van der Waals surface area contributed by atoms with Gasteiger partial charge in [-0.1, -0.05) is 116 Å². The van der Waals surface area contributed by atoms with Gasteiger partial charge in [-0.25, -0.2) is 9.79 Å². The summed E-state index contributed by atoms with van der Waals surface area (Å²) in [6.07, 6.45) is 1.79. The summed E-state index contributed by atoms with van der Waals surface area (Å²) >= 11 is 7.33. The second-order valence-electron chi connectivity index (χ2n) is 11.5. The Morgan fingerprint density at radius 3 is 2.38 bits per heavy atom. The highest BCUT2D eigenvalue weighted by molar-refractivity contribution is 7.07. The molecule has 1 atom stereocenters. The molecule has 6 rings (SSSR count). The first-order valence-electron chi connectivity index (χ1n) is 15.7. The molecular weight excluding hydrogens is 644 g/mol. The zero-order valence-electron chi connectivity index (χ0n) is 27.1. The van der Waals surface area contributed by atoms with Crippen LogP contribution in [-0.4, -0.2) is 24.3 Å². The average Bonchev–Trinajstić information content (AvgIpc) is 3.41. The van der Waals surface area contributed by atoms with Crippen LogP contribution in [0.25, 0.3) is 11.8 Å². The fourth-order valence-electron chi connectivity index (χ4n) is 5.66. The molecular formula is C39H35ClN2O5S. The maximum Gasteiger partial charge on any atom is 0.338 e. The largest absolute Gasteiger partial charge is 0.493 e. The van der Waals surface area contributed by atoms with Crippen molar-refractivity contribution >= 4 is 40.7 Å². The Hall–Kier alpha value is -4.92. The number of methoxy groups -OCH3 is 1. The molecule has 0 aliphatic carbocycles. The Bertz CT molecular complexity index is 2150. The molecule has 0 radical (unpaired) electrons. The van der Waals surface area contributed by atoms with Crippen molar-refractivity contribution in [2.45, 2.75) is 39.3 Å². The minimum atomic E-state index is -0.759. The molecule has 4 aromatic carbocycles. The van der Waals surface area contributed by atoms with Crippen LogP contribution in [-0.2, 0) is 16.1 Å². The second-order valence-corrected chi connectivity index (χ2v) is 13.0. The van der Waals surface area contributed by atoms with Crippen LogP contribution in [0, 0.1) is 0 Å². The number of nitrogens with zero attached hydrogens (tertiary/aromatic N) is 2. The Kier molecular flexibility index (Phi) is 9.94. The predicted octanol–water partition coefficient (Wildman–Crippen LogP) is 7.30. The number of fused-ring (bicyclic) bond motifs is 1. The van der Waals surface area contributed by atoms with E-state index in [-0.39, 0.29) is 18.8 Å². The third-order valence-corrected chi connectivity index (χ3v) is 9.34. The van der Waals surface area contributed by atoms with Crippen molar-refractivity contribution in [3.63, 3.8) is 0 Å². The topological polar surface area (TPSA) is 79.1 Å². The van der Waals surface area contributed by atoms with Gasteiger partial charge in [-0.2, -0.15) is 0 Å². The standard InChI is InChI=1S/C39H35ClN2O5S/c1-5-46-38(44)33-34(27-10-7-6-8-11-27)41-39-42(35(33)28-18-16-26(17-19-28)24(2)3)37(43)32(48-39)22-29-12-9-13-31(45-4)36(29)47-23-25-14-20-30(40)21-15-25/h6-22,24,35H,5,23H2,1-4H3/b32-22-/t35-/m1/s1. The molecule has 0 fully saturated rings. The van der Waals surface area contributed by atoms with E-state index in [9.17, 15) is 9.59 Å². The number of benzene rings is 4. The summed E-state index contributed by atoms with van der Waals surface area (Å²) in [5, 5.41) is 0.641. The van der Waals surface area contributed by atoms with Crippen molar-refractivity contribution in [1.29, 1.82) is 0 Å². The number of para-hydroxylation sites is 1. The highest BCUT2D eigenvalue weighted by Crippen LogP contribution is 2.36. The van der Waals surface area contributed by atoms with E-state index in [1.165, 1.54) is 11.3 Å². The zero-order chi connectivity index (χ0) is 33.8. The van der Waals surface area contributed by atoms with E-state index in [1.807, 2.05) is 97.1 Å². The van der Waals surface area contributed by atoms with Crippen molar-refractivity contribution in [1.82, 2.24) is 4.57 Å². The minimum absolute atomic E-state index is 0.183. The first kappa shape index (κ1) is 33.0. The summed E-state index contributed by atoms with van der Waals surface area (Å²) in [4.78, 5) is 33.7. The number of halogens is 1. The highest BCUT2D eigenvalue weighted by atomic mass is 35.5. The number of carbonyl (C=O) groups excluding carboxylic acids is 1. The molecule has 48 heavy (non-hydrogen) atoms. The quantitative estimate of drug-likeness (QED) is 0.145. The molecule has 0 saturated carbocycles. The zero-order valence-corrected chi connectivity index (χ0v) is 28.7. The number of aromatic nitrogens is 1. The smallest absolute Gasteiger partial charge is 0.338 e. The molecule has 1 aromatic heterocycles. The van der Waals surface area contributed by atoms with Crippen LogP contribution >= 0.6 is 22.9 Å².